The summed E-state index contributed by atoms with van der Waals surface area (Å²) in [6.07, 6.45) is 0. The van der Waals surface area contributed by atoms with E-state index in [4.69, 9.17) is 0 Å². The molecule has 0 radical (unpaired) electrons. The number of hydrogen-bond acceptors (Lipinski definition) is 2. The Morgan fingerprint density at radius 1 is 1.31 bits per heavy atom. The fraction of sp³-hybridized carbons (Fsp3) is 0.400. The molecule has 1 heterocycles. The Morgan fingerprint density at radius 2 is 2.08 bits per heavy atom. The second-order valence-corrected chi connectivity index (χ2v) is 3.25. The van der Waals surface area contributed by atoms with Crippen LogP contribution in [0.15, 0.2) is 30.3 Å². The summed E-state index contributed by atoms with van der Waals surface area (Å²) < 4.78 is 13.3. The third kappa shape index (κ3) is 1.87. The number of benzene rings is 1. The summed E-state index contributed by atoms with van der Waals surface area (Å²) >= 11 is 0. The minimum Gasteiger partial charge on any atom is -0.313 e. The molecule has 1 aromatic rings. The van der Waals surface area contributed by atoms with Crippen LogP contribution in [0.1, 0.15) is 11.6 Å². The minimum atomic E-state index is -0.116. The number of nitrogens with zero attached hydrogens (tertiary/aromatic N) is 1. The van der Waals surface area contributed by atoms with Crippen LogP contribution in [0.2, 0.25) is 0 Å². The van der Waals surface area contributed by atoms with Gasteiger partial charge in [0.05, 0.1) is 6.04 Å². The van der Waals surface area contributed by atoms with Crippen molar-refractivity contribution in [1.82, 2.24) is 10.4 Å². The third-order valence-corrected chi connectivity index (χ3v) is 2.36. The molecule has 1 N–H and O–H groups in total. The summed E-state index contributed by atoms with van der Waals surface area (Å²) in [5, 5.41) is 4.09. The van der Waals surface area contributed by atoms with Gasteiger partial charge in [0, 0.05) is 19.6 Å². The summed E-state index contributed by atoms with van der Waals surface area (Å²) in [6.45, 7) is 1.90. The Bertz CT molecular complexity index is 263. The van der Waals surface area contributed by atoms with Gasteiger partial charge in [-0.05, 0) is 5.56 Å². The van der Waals surface area contributed by atoms with Crippen molar-refractivity contribution in [2.75, 3.05) is 19.6 Å². The standard InChI is InChI=1S/C10H13FN2/c11-13-7-6-12-8-10(13)9-4-2-1-3-5-9/h1-5,10,12H,6-8H2. The van der Waals surface area contributed by atoms with E-state index in [0.717, 1.165) is 17.2 Å². The quantitative estimate of drug-likeness (QED) is 0.659. The summed E-state index contributed by atoms with van der Waals surface area (Å²) in [5.74, 6) is 0. The highest BCUT2D eigenvalue weighted by Gasteiger charge is 2.22. The van der Waals surface area contributed by atoms with Crippen molar-refractivity contribution >= 4 is 0 Å². The van der Waals surface area contributed by atoms with Crippen molar-refractivity contribution in [1.29, 1.82) is 0 Å². The maximum Gasteiger partial charge on any atom is 0.0776 e. The SMILES string of the molecule is FN1CCNCC1c1ccccc1. The van der Waals surface area contributed by atoms with Crippen molar-refractivity contribution in [2.45, 2.75) is 6.04 Å². The van der Waals surface area contributed by atoms with Gasteiger partial charge in [0.25, 0.3) is 0 Å². The van der Waals surface area contributed by atoms with Crippen LogP contribution in [0, 0.1) is 0 Å². The van der Waals surface area contributed by atoms with Gasteiger partial charge < -0.3 is 5.32 Å². The van der Waals surface area contributed by atoms with Gasteiger partial charge in [-0.1, -0.05) is 30.3 Å². The topological polar surface area (TPSA) is 15.3 Å². The maximum atomic E-state index is 13.3. The number of rotatable bonds is 1. The lowest BCUT2D eigenvalue weighted by molar-refractivity contribution is -0.0377. The summed E-state index contributed by atoms with van der Waals surface area (Å²) in [7, 11) is 0. The molecule has 1 fully saturated rings. The Hall–Kier alpha value is -0.930. The molecule has 1 saturated heterocycles. The average Bonchev–Trinajstić information content (AvgIpc) is 2.20. The number of nitrogens with one attached hydrogen (secondary N) is 1. The molecule has 0 aliphatic carbocycles. The van der Waals surface area contributed by atoms with Crippen LogP contribution in [-0.2, 0) is 0 Å². The summed E-state index contributed by atoms with van der Waals surface area (Å²) in [5.41, 5.74) is 1.04. The van der Waals surface area contributed by atoms with Gasteiger partial charge >= 0.3 is 0 Å². The zero-order chi connectivity index (χ0) is 9.10. The molecular formula is C10H13FN2. The van der Waals surface area contributed by atoms with E-state index < -0.39 is 0 Å². The van der Waals surface area contributed by atoms with Crippen molar-refractivity contribution in [3.63, 3.8) is 0 Å². The van der Waals surface area contributed by atoms with Crippen LogP contribution < -0.4 is 5.32 Å². The number of halogens is 1. The van der Waals surface area contributed by atoms with Crippen LogP contribution in [-0.4, -0.2) is 24.8 Å². The monoisotopic (exact) mass is 180 g/mol. The molecule has 0 saturated carbocycles. The first-order valence-electron chi connectivity index (χ1n) is 4.56. The molecule has 1 aliphatic heterocycles. The molecule has 13 heavy (non-hydrogen) atoms. The zero-order valence-corrected chi connectivity index (χ0v) is 7.41. The highest BCUT2D eigenvalue weighted by Crippen LogP contribution is 2.21. The van der Waals surface area contributed by atoms with Gasteiger partial charge in [-0.2, -0.15) is 0 Å². The molecular weight excluding hydrogens is 167 g/mol. The van der Waals surface area contributed by atoms with E-state index in [1.807, 2.05) is 30.3 Å². The number of hydrogen-bond donors (Lipinski definition) is 1. The van der Waals surface area contributed by atoms with Crippen molar-refractivity contribution in [2.24, 2.45) is 0 Å². The molecule has 70 valence electrons. The highest BCUT2D eigenvalue weighted by molar-refractivity contribution is 5.19. The Kier molecular flexibility index (Phi) is 2.57. The normalized spacial score (nSPS) is 24.5. The molecule has 0 bridgehead atoms. The van der Waals surface area contributed by atoms with Gasteiger partial charge in [0.15, 0.2) is 0 Å². The van der Waals surface area contributed by atoms with Gasteiger partial charge in [-0.25, -0.2) is 0 Å². The predicted molar refractivity (Wildman–Crippen MR) is 49.9 cm³/mol. The fourth-order valence-electron chi connectivity index (χ4n) is 1.63. The summed E-state index contributed by atoms with van der Waals surface area (Å²) in [4.78, 5) is 0. The Balaban J connectivity index is 2.15. The first-order chi connectivity index (χ1) is 6.38. The van der Waals surface area contributed by atoms with E-state index in [9.17, 15) is 4.48 Å². The molecule has 2 nitrogen and oxygen atoms in total. The van der Waals surface area contributed by atoms with Gasteiger partial charge in [-0.15, -0.1) is 9.60 Å². The molecule has 3 heteroatoms. The lowest BCUT2D eigenvalue weighted by atomic mass is 10.1. The molecule has 0 amide bonds. The first-order valence-corrected chi connectivity index (χ1v) is 4.56. The molecule has 2 rings (SSSR count). The largest absolute Gasteiger partial charge is 0.313 e. The third-order valence-electron chi connectivity index (χ3n) is 2.36. The molecule has 1 atom stereocenters. The van der Waals surface area contributed by atoms with Crippen molar-refractivity contribution in [3.05, 3.63) is 35.9 Å². The number of piperazine rings is 1. The van der Waals surface area contributed by atoms with E-state index in [-0.39, 0.29) is 6.04 Å². The van der Waals surface area contributed by atoms with Crippen LogP contribution >= 0.6 is 0 Å². The second-order valence-electron chi connectivity index (χ2n) is 3.25. The van der Waals surface area contributed by atoms with E-state index in [1.165, 1.54) is 0 Å². The van der Waals surface area contributed by atoms with Gasteiger partial charge in [0.2, 0.25) is 0 Å². The second kappa shape index (κ2) is 3.85. The molecule has 1 aliphatic rings. The molecule has 0 spiro atoms. The maximum absolute atomic E-state index is 13.3. The van der Waals surface area contributed by atoms with E-state index >= 15 is 0 Å². The van der Waals surface area contributed by atoms with Gasteiger partial charge in [0.1, 0.15) is 0 Å². The lowest BCUT2D eigenvalue weighted by Crippen LogP contribution is -2.41. The Morgan fingerprint density at radius 3 is 2.77 bits per heavy atom. The molecule has 1 unspecified atom stereocenters. The summed E-state index contributed by atoms with van der Waals surface area (Å²) in [6, 6.07) is 9.64. The van der Waals surface area contributed by atoms with Gasteiger partial charge in [-0.3, -0.25) is 0 Å². The first kappa shape index (κ1) is 8.66. The van der Waals surface area contributed by atoms with Crippen molar-refractivity contribution in [3.8, 4) is 0 Å². The van der Waals surface area contributed by atoms with Crippen LogP contribution in [0.4, 0.5) is 4.48 Å². The van der Waals surface area contributed by atoms with E-state index in [0.29, 0.717) is 13.1 Å². The smallest absolute Gasteiger partial charge is 0.0776 e. The predicted octanol–water partition coefficient (Wildman–Crippen LogP) is 1.52. The zero-order valence-electron chi connectivity index (χ0n) is 7.41. The van der Waals surface area contributed by atoms with E-state index in [2.05, 4.69) is 5.32 Å². The lowest BCUT2D eigenvalue weighted by Gasteiger charge is -2.29. The molecule has 0 aromatic heterocycles. The minimum absolute atomic E-state index is 0.116. The fourth-order valence-corrected chi connectivity index (χ4v) is 1.63. The van der Waals surface area contributed by atoms with Crippen molar-refractivity contribution < 1.29 is 4.48 Å². The van der Waals surface area contributed by atoms with Crippen LogP contribution in [0.5, 0.6) is 0 Å². The van der Waals surface area contributed by atoms with Crippen LogP contribution in [0.3, 0.4) is 0 Å². The average molecular weight is 180 g/mol. The van der Waals surface area contributed by atoms with E-state index in [1.54, 1.807) is 0 Å². The van der Waals surface area contributed by atoms with Crippen LogP contribution in [0.25, 0.3) is 0 Å². The Labute approximate surface area is 77.3 Å². The highest BCUT2D eigenvalue weighted by atomic mass is 19.2. The molecule has 1 aromatic carbocycles.